The largest absolute Gasteiger partial charge is 0.437 e. The third-order valence-corrected chi connectivity index (χ3v) is 8.60. The number of hydrogen-bond acceptors (Lipinski definition) is 8. The van der Waals surface area contributed by atoms with E-state index in [1.807, 2.05) is 0 Å². The van der Waals surface area contributed by atoms with Crippen LogP contribution in [0.15, 0.2) is 79.1 Å². The van der Waals surface area contributed by atoms with Crippen LogP contribution in [-0.4, -0.2) is 48.7 Å². The van der Waals surface area contributed by atoms with Gasteiger partial charge in [0.2, 0.25) is 21.9 Å². The second-order valence-corrected chi connectivity index (χ2v) is 12.5. The van der Waals surface area contributed by atoms with Gasteiger partial charge in [0.15, 0.2) is 0 Å². The van der Waals surface area contributed by atoms with Gasteiger partial charge in [-0.2, -0.15) is 0 Å². The molecule has 0 amide bonds. The maximum absolute atomic E-state index is 15.1. The maximum Gasteiger partial charge on any atom is 0.237 e. The van der Waals surface area contributed by atoms with E-state index in [1.54, 1.807) is 49.6 Å². The lowest BCUT2D eigenvalue weighted by Crippen LogP contribution is -2.44. The second-order valence-electron chi connectivity index (χ2n) is 10.7. The van der Waals surface area contributed by atoms with Crippen LogP contribution in [0.25, 0.3) is 22.0 Å². The van der Waals surface area contributed by atoms with Crippen molar-refractivity contribution in [3.05, 3.63) is 102 Å². The molecule has 3 heterocycles. The van der Waals surface area contributed by atoms with Crippen LogP contribution < -0.4 is 20.1 Å². The fraction of sp³-hybridized carbons (Fsp3) is 0.219. The lowest BCUT2D eigenvalue weighted by Gasteiger charge is -2.26. The summed E-state index contributed by atoms with van der Waals surface area (Å²) in [6, 6.07) is 16.4. The molecule has 0 bridgehead atoms. The highest BCUT2D eigenvalue weighted by atomic mass is 32.2. The van der Waals surface area contributed by atoms with Crippen LogP contribution >= 0.6 is 0 Å². The first kappa shape index (κ1) is 30.3. The van der Waals surface area contributed by atoms with Crippen LogP contribution in [0.2, 0.25) is 0 Å². The summed E-state index contributed by atoms with van der Waals surface area (Å²) in [4.78, 5) is 13.3. The van der Waals surface area contributed by atoms with E-state index in [1.165, 1.54) is 24.3 Å². The molecule has 0 saturated carbocycles. The number of ether oxygens (including phenoxy) is 1. The molecule has 45 heavy (non-hydrogen) atoms. The first-order valence-corrected chi connectivity index (χ1v) is 15.9. The third-order valence-electron chi connectivity index (χ3n) is 7.39. The summed E-state index contributed by atoms with van der Waals surface area (Å²) >= 11 is 0. The minimum atomic E-state index is -4.19. The van der Waals surface area contributed by atoms with Gasteiger partial charge in [0.1, 0.15) is 23.6 Å². The number of halogens is 3. The predicted octanol–water partition coefficient (Wildman–Crippen LogP) is 6.12. The zero-order valence-electron chi connectivity index (χ0n) is 24.1. The topological polar surface area (TPSA) is 118 Å². The molecule has 0 unspecified atom stereocenters. The number of aryl methyl sites for hydroxylation is 1. The lowest BCUT2D eigenvalue weighted by atomic mass is 10.0. The van der Waals surface area contributed by atoms with Gasteiger partial charge in [-0.1, -0.05) is 30.3 Å². The van der Waals surface area contributed by atoms with Gasteiger partial charge in [-0.05, 0) is 48.9 Å². The van der Waals surface area contributed by atoms with Crippen molar-refractivity contribution < 1.29 is 26.3 Å². The molecule has 2 atom stereocenters. The molecular weight excluding hydrogens is 605 g/mol. The normalized spacial score (nSPS) is 16.8. The van der Waals surface area contributed by atoms with E-state index in [0.29, 0.717) is 53.4 Å². The molecule has 6 rings (SSSR count). The molecule has 5 aromatic rings. The van der Waals surface area contributed by atoms with Crippen LogP contribution in [0.4, 0.5) is 24.8 Å². The Balaban J connectivity index is 1.32. The van der Waals surface area contributed by atoms with Crippen molar-refractivity contribution in [2.45, 2.75) is 31.3 Å². The van der Waals surface area contributed by atoms with Crippen LogP contribution in [0.3, 0.4) is 0 Å². The Morgan fingerprint density at radius 1 is 0.933 bits per heavy atom. The highest BCUT2D eigenvalue weighted by Gasteiger charge is 2.23. The molecule has 232 valence electrons. The number of rotatable bonds is 9. The van der Waals surface area contributed by atoms with E-state index in [2.05, 4.69) is 30.3 Å². The molecule has 0 aliphatic carbocycles. The summed E-state index contributed by atoms with van der Waals surface area (Å²) < 4.78 is 77.9. The summed E-state index contributed by atoms with van der Waals surface area (Å²) in [7, 11) is -4.19. The van der Waals surface area contributed by atoms with E-state index in [4.69, 9.17) is 4.74 Å². The Kier molecular flexibility index (Phi) is 8.55. The Hall–Kier alpha value is -4.75. The highest BCUT2D eigenvalue weighted by molar-refractivity contribution is 7.91. The van der Waals surface area contributed by atoms with E-state index >= 15 is 4.39 Å². The number of nitrogens with zero attached hydrogens (tertiary/aromatic N) is 3. The fourth-order valence-electron chi connectivity index (χ4n) is 5.24. The minimum absolute atomic E-state index is 0.0433. The van der Waals surface area contributed by atoms with E-state index < -0.39 is 33.6 Å². The van der Waals surface area contributed by atoms with Gasteiger partial charge >= 0.3 is 0 Å². The molecule has 1 aliphatic heterocycles. The minimum Gasteiger partial charge on any atom is -0.437 e. The zero-order valence-corrected chi connectivity index (χ0v) is 24.9. The van der Waals surface area contributed by atoms with Crippen molar-refractivity contribution in [3.63, 3.8) is 0 Å². The van der Waals surface area contributed by atoms with Crippen molar-refractivity contribution >= 4 is 32.4 Å². The number of fused-ring (bicyclic) bond motifs is 1. The van der Waals surface area contributed by atoms with E-state index in [-0.39, 0.29) is 28.6 Å². The second kappa shape index (κ2) is 12.7. The number of aromatic nitrogens is 3. The van der Waals surface area contributed by atoms with Crippen LogP contribution in [0.5, 0.6) is 11.6 Å². The summed E-state index contributed by atoms with van der Waals surface area (Å²) in [6.07, 6.45) is 2.51. The number of sulfonamides is 1. The average molecular weight is 635 g/mol. The van der Waals surface area contributed by atoms with Gasteiger partial charge in [-0.3, -0.25) is 4.72 Å². The van der Waals surface area contributed by atoms with Crippen LogP contribution in [-0.2, 0) is 15.8 Å². The van der Waals surface area contributed by atoms with E-state index in [9.17, 15) is 17.2 Å². The smallest absolute Gasteiger partial charge is 0.237 e. The number of anilines is 2. The zero-order chi connectivity index (χ0) is 31.6. The lowest BCUT2D eigenvalue weighted by molar-refractivity contribution is 0.254. The van der Waals surface area contributed by atoms with Crippen LogP contribution in [0.1, 0.15) is 17.5 Å². The van der Waals surface area contributed by atoms with Crippen molar-refractivity contribution in [2.75, 3.05) is 23.1 Å². The third kappa shape index (κ3) is 6.84. The highest BCUT2D eigenvalue weighted by Crippen LogP contribution is 2.40. The van der Waals surface area contributed by atoms with Gasteiger partial charge in [-0.15, -0.1) is 0 Å². The molecule has 2 aromatic heterocycles. The van der Waals surface area contributed by atoms with E-state index in [0.717, 1.165) is 12.1 Å². The van der Waals surface area contributed by atoms with Crippen molar-refractivity contribution in [2.24, 2.45) is 0 Å². The fourth-order valence-corrected chi connectivity index (χ4v) is 6.47. The van der Waals surface area contributed by atoms with Gasteiger partial charge in [0.25, 0.3) is 0 Å². The molecule has 1 fully saturated rings. The Morgan fingerprint density at radius 3 is 2.58 bits per heavy atom. The van der Waals surface area contributed by atoms with Gasteiger partial charge < -0.3 is 15.4 Å². The molecule has 3 aromatic carbocycles. The van der Waals surface area contributed by atoms with Gasteiger partial charge in [0, 0.05) is 54.3 Å². The molecular formula is C32H29F3N6O3S. The summed E-state index contributed by atoms with van der Waals surface area (Å²) in [5, 5.41) is 6.88. The number of pyridine rings is 1. The van der Waals surface area contributed by atoms with Crippen LogP contribution in [0, 0.1) is 18.6 Å². The quantitative estimate of drug-likeness (QED) is 0.177. The molecule has 1 aliphatic rings. The van der Waals surface area contributed by atoms with Crippen molar-refractivity contribution in [3.8, 4) is 22.9 Å². The van der Waals surface area contributed by atoms with Crippen molar-refractivity contribution in [1.82, 2.24) is 20.3 Å². The van der Waals surface area contributed by atoms with Gasteiger partial charge in [0.05, 0.1) is 22.7 Å². The summed E-state index contributed by atoms with van der Waals surface area (Å²) in [5.41, 5.74) is 1.40. The molecule has 3 N–H and O–H groups in total. The Labute approximate surface area is 258 Å². The first-order chi connectivity index (χ1) is 21.7. The number of piperidine rings is 1. The number of nitrogens with one attached hydrogen (secondary N) is 3. The summed E-state index contributed by atoms with van der Waals surface area (Å²) in [6.45, 7) is 2.69. The Morgan fingerprint density at radius 2 is 1.76 bits per heavy atom. The maximum atomic E-state index is 15.1. The molecule has 0 spiro atoms. The molecule has 13 heteroatoms. The number of benzene rings is 3. The average Bonchev–Trinajstić information content (AvgIpc) is 3.01. The van der Waals surface area contributed by atoms with Gasteiger partial charge in [-0.25, -0.2) is 36.5 Å². The molecule has 1 saturated heterocycles. The molecule has 0 radical (unpaired) electrons. The standard InChI is InChI=1S/C32H29F3N6O3S/c1-19-8-9-23-24(10-11-27(35)29(23)41-45(42,43)18-20-5-2-3-7-26(20)34)30(19)44-31-25(6-4-13-37-31)28-12-14-38-32(40-28)39-22-15-21(33)16-36-17-22/h2-14,21-22,36,41H,15-18H2,1H3,(H,38,39,40)/t21-,22-/m0/s1. The molecule has 9 nitrogen and oxygen atoms in total. The Bertz CT molecular complexity index is 1980. The number of alkyl halides is 1. The number of hydrogen-bond donors (Lipinski definition) is 3. The predicted molar refractivity (Wildman–Crippen MR) is 166 cm³/mol. The summed E-state index contributed by atoms with van der Waals surface area (Å²) in [5.74, 6) is -1.30. The van der Waals surface area contributed by atoms with Crippen molar-refractivity contribution in [1.29, 1.82) is 0 Å². The monoisotopic (exact) mass is 634 g/mol. The SMILES string of the molecule is Cc1ccc2c(NS(=O)(=O)Cc3ccccc3F)c(F)ccc2c1Oc1ncccc1-c1ccnc(N[C@@H]2CNC[C@@H](F)C2)n1. The first-order valence-electron chi connectivity index (χ1n) is 14.2.